The summed E-state index contributed by atoms with van der Waals surface area (Å²) in [6.07, 6.45) is 5.39. The minimum Gasteiger partial charge on any atom is -0.478 e. The van der Waals surface area contributed by atoms with Crippen LogP contribution in [0.25, 0.3) is 11.1 Å². The topological polar surface area (TPSA) is 72.2 Å². The number of carboxylic acids is 1. The average Bonchev–Trinajstić information content (AvgIpc) is 3.08. The first-order chi connectivity index (χ1) is 13.1. The third-order valence-corrected chi connectivity index (χ3v) is 4.61. The number of aromatic nitrogens is 2. The number of rotatable bonds is 8. The number of aromatic carboxylic acids is 1. The zero-order valence-electron chi connectivity index (χ0n) is 15.3. The minimum atomic E-state index is -0.940. The van der Waals surface area contributed by atoms with Gasteiger partial charge in [0.15, 0.2) is 6.29 Å². The number of aldehydes is 1. The third-order valence-electron chi connectivity index (χ3n) is 4.61. The average molecular weight is 362 g/mol. The normalized spacial score (nSPS) is 10.7. The van der Waals surface area contributed by atoms with E-state index in [1.54, 1.807) is 18.3 Å². The summed E-state index contributed by atoms with van der Waals surface area (Å²) >= 11 is 0. The molecule has 1 aromatic heterocycles. The Labute approximate surface area is 158 Å². The maximum absolute atomic E-state index is 11.4. The molecular weight excluding hydrogens is 340 g/mol. The van der Waals surface area contributed by atoms with E-state index in [9.17, 15) is 14.7 Å². The maximum atomic E-state index is 11.4. The molecule has 1 heterocycles. The lowest BCUT2D eigenvalue weighted by atomic mass is 9.99. The molecular formula is C22H22N2O3. The molecule has 0 atom stereocenters. The number of carbonyl (C=O) groups excluding carboxylic acids is 1. The second-order valence-corrected chi connectivity index (χ2v) is 6.45. The van der Waals surface area contributed by atoms with E-state index in [1.807, 2.05) is 41.0 Å². The molecule has 3 aromatic rings. The van der Waals surface area contributed by atoms with Crippen molar-refractivity contribution in [1.82, 2.24) is 9.55 Å². The van der Waals surface area contributed by atoms with Gasteiger partial charge in [0.25, 0.3) is 0 Å². The first-order valence-corrected chi connectivity index (χ1v) is 9.05. The van der Waals surface area contributed by atoms with Gasteiger partial charge in [0.05, 0.1) is 11.8 Å². The molecule has 138 valence electrons. The van der Waals surface area contributed by atoms with E-state index in [-0.39, 0.29) is 5.56 Å². The van der Waals surface area contributed by atoms with Crippen LogP contribution >= 0.6 is 0 Å². The Balaban J connectivity index is 1.86. The van der Waals surface area contributed by atoms with E-state index in [0.717, 1.165) is 42.5 Å². The molecule has 0 radical (unpaired) electrons. The number of hydrogen-bond donors (Lipinski definition) is 1. The van der Waals surface area contributed by atoms with Crippen LogP contribution in [-0.2, 0) is 13.0 Å². The molecule has 27 heavy (non-hydrogen) atoms. The lowest BCUT2D eigenvalue weighted by molar-refractivity contribution is 0.0697. The Kier molecular flexibility index (Phi) is 5.81. The maximum Gasteiger partial charge on any atom is 0.336 e. The molecule has 2 aromatic carbocycles. The van der Waals surface area contributed by atoms with Crippen LogP contribution in [0.1, 0.15) is 52.0 Å². The van der Waals surface area contributed by atoms with Gasteiger partial charge in [-0.25, -0.2) is 9.78 Å². The number of aryl methyl sites for hydroxylation is 1. The highest BCUT2D eigenvalue weighted by Crippen LogP contribution is 2.24. The molecule has 1 N–H and O–H groups in total. The molecule has 0 bridgehead atoms. The van der Waals surface area contributed by atoms with Crippen molar-refractivity contribution in [1.29, 1.82) is 0 Å². The molecule has 5 heteroatoms. The molecule has 0 fully saturated rings. The second kappa shape index (κ2) is 8.45. The summed E-state index contributed by atoms with van der Waals surface area (Å²) < 4.78 is 1.95. The van der Waals surface area contributed by atoms with Crippen molar-refractivity contribution >= 4 is 12.3 Å². The molecule has 0 spiro atoms. The Morgan fingerprint density at radius 2 is 1.89 bits per heavy atom. The summed E-state index contributed by atoms with van der Waals surface area (Å²) in [5, 5.41) is 9.37. The number of benzene rings is 2. The van der Waals surface area contributed by atoms with Crippen molar-refractivity contribution < 1.29 is 14.7 Å². The van der Waals surface area contributed by atoms with Gasteiger partial charge < -0.3 is 9.67 Å². The highest BCUT2D eigenvalue weighted by molar-refractivity contribution is 5.95. The van der Waals surface area contributed by atoms with Crippen LogP contribution in [0.2, 0.25) is 0 Å². The van der Waals surface area contributed by atoms with Gasteiger partial charge in [-0.2, -0.15) is 0 Å². The van der Waals surface area contributed by atoms with Crippen molar-refractivity contribution in [3.63, 3.8) is 0 Å². The lowest BCUT2D eigenvalue weighted by Gasteiger charge is -2.11. The number of carboxylic acid groups (broad SMARTS) is 1. The molecule has 0 aliphatic rings. The quantitative estimate of drug-likeness (QED) is 0.601. The fourth-order valence-corrected chi connectivity index (χ4v) is 3.13. The van der Waals surface area contributed by atoms with Gasteiger partial charge in [-0.05, 0) is 29.2 Å². The van der Waals surface area contributed by atoms with E-state index in [2.05, 4.69) is 11.9 Å². The van der Waals surface area contributed by atoms with Crippen LogP contribution in [-0.4, -0.2) is 26.9 Å². The number of unbranched alkanes of at least 4 members (excludes halogenated alkanes) is 1. The highest BCUT2D eigenvalue weighted by atomic mass is 16.4. The summed E-state index contributed by atoms with van der Waals surface area (Å²) in [5.41, 5.74) is 3.43. The van der Waals surface area contributed by atoms with Crippen LogP contribution < -0.4 is 0 Å². The van der Waals surface area contributed by atoms with E-state index in [1.165, 1.54) is 0 Å². The molecule has 0 aliphatic carbocycles. The van der Waals surface area contributed by atoms with Gasteiger partial charge in [0.1, 0.15) is 11.5 Å². The van der Waals surface area contributed by atoms with Crippen molar-refractivity contribution in [3.05, 3.63) is 77.4 Å². The molecule has 0 aliphatic heterocycles. The van der Waals surface area contributed by atoms with Crippen molar-refractivity contribution in [2.75, 3.05) is 0 Å². The van der Waals surface area contributed by atoms with E-state index >= 15 is 0 Å². The third kappa shape index (κ3) is 4.14. The van der Waals surface area contributed by atoms with Crippen LogP contribution in [0.5, 0.6) is 0 Å². The number of hydrogen-bond acceptors (Lipinski definition) is 3. The van der Waals surface area contributed by atoms with Gasteiger partial charge in [-0.1, -0.05) is 55.8 Å². The van der Waals surface area contributed by atoms with Gasteiger partial charge in [-0.15, -0.1) is 0 Å². The first-order valence-electron chi connectivity index (χ1n) is 9.05. The van der Waals surface area contributed by atoms with Gasteiger partial charge in [0.2, 0.25) is 0 Å². The van der Waals surface area contributed by atoms with E-state index in [4.69, 9.17) is 0 Å². The predicted molar refractivity (Wildman–Crippen MR) is 104 cm³/mol. The standard InChI is InChI=1S/C22H22N2O3/c1-2-3-8-21-23-13-18(15-25)24(21)14-16-9-11-17(12-10-16)19-6-4-5-7-20(19)22(26)27/h4-7,9-13,15H,2-3,8,14H2,1H3,(H,26,27). The summed E-state index contributed by atoms with van der Waals surface area (Å²) in [5.74, 6) is -0.0245. The van der Waals surface area contributed by atoms with Crippen LogP contribution in [0.3, 0.4) is 0 Å². The number of carbonyl (C=O) groups is 2. The monoisotopic (exact) mass is 362 g/mol. The number of nitrogens with zero attached hydrogens (tertiary/aromatic N) is 2. The summed E-state index contributed by atoms with van der Waals surface area (Å²) in [7, 11) is 0. The SMILES string of the molecule is CCCCc1ncc(C=O)n1Cc1ccc(-c2ccccc2C(=O)O)cc1. The Bertz CT molecular complexity index is 942. The van der Waals surface area contributed by atoms with Gasteiger partial charge in [-0.3, -0.25) is 4.79 Å². The smallest absolute Gasteiger partial charge is 0.336 e. The van der Waals surface area contributed by atoms with E-state index in [0.29, 0.717) is 17.8 Å². The summed E-state index contributed by atoms with van der Waals surface area (Å²) in [6.45, 7) is 2.69. The summed E-state index contributed by atoms with van der Waals surface area (Å²) in [6, 6.07) is 14.7. The van der Waals surface area contributed by atoms with Crippen molar-refractivity contribution in [2.45, 2.75) is 32.7 Å². The van der Waals surface area contributed by atoms with Gasteiger partial charge in [0, 0.05) is 13.0 Å². The van der Waals surface area contributed by atoms with E-state index < -0.39 is 5.97 Å². The van der Waals surface area contributed by atoms with Gasteiger partial charge >= 0.3 is 5.97 Å². The Morgan fingerprint density at radius 3 is 2.56 bits per heavy atom. The largest absolute Gasteiger partial charge is 0.478 e. The molecule has 3 rings (SSSR count). The van der Waals surface area contributed by atoms with Crippen molar-refractivity contribution in [2.24, 2.45) is 0 Å². The first kappa shape index (κ1) is 18.6. The molecule has 0 unspecified atom stereocenters. The zero-order chi connectivity index (χ0) is 19.2. The zero-order valence-corrected chi connectivity index (χ0v) is 15.3. The second-order valence-electron chi connectivity index (χ2n) is 6.45. The Hall–Kier alpha value is -3.21. The number of imidazole rings is 1. The lowest BCUT2D eigenvalue weighted by Crippen LogP contribution is -2.08. The molecule has 0 amide bonds. The molecule has 0 saturated heterocycles. The molecule has 0 saturated carbocycles. The van der Waals surface area contributed by atoms with Crippen LogP contribution in [0.15, 0.2) is 54.7 Å². The summed E-state index contributed by atoms with van der Waals surface area (Å²) in [4.78, 5) is 27.1. The molecule has 5 nitrogen and oxygen atoms in total. The van der Waals surface area contributed by atoms with Crippen LogP contribution in [0, 0.1) is 0 Å². The fraction of sp³-hybridized carbons (Fsp3) is 0.227. The van der Waals surface area contributed by atoms with Crippen molar-refractivity contribution in [3.8, 4) is 11.1 Å². The van der Waals surface area contributed by atoms with Crippen LogP contribution in [0.4, 0.5) is 0 Å². The fourth-order valence-electron chi connectivity index (χ4n) is 3.13. The highest BCUT2D eigenvalue weighted by Gasteiger charge is 2.12. The Morgan fingerprint density at radius 1 is 1.15 bits per heavy atom. The minimum absolute atomic E-state index is 0.282. The predicted octanol–water partition coefficient (Wildman–Crippen LogP) is 4.45.